The average Bonchev–Trinajstić information content (AvgIpc) is 2.43. The Hall–Kier alpha value is 0.800. The minimum Gasteiger partial charge on any atom is -0.383 e. The molecule has 2 nitrogen and oxygen atoms in total. The van der Waals surface area contributed by atoms with Crippen molar-refractivity contribution in [3.8, 4) is 0 Å². The Morgan fingerprint density at radius 2 is 1.38 bits per heavy atom. The summed E-state index contributed by atoms with van der Waals surface area (Å²) in [5.74, 6) is -0.426. The molecule has 0 radical (unpaired) electrons. The molecule has 0 bridgehead atoms. The SMILES string of the molecule is CCC([C@@]1(O)C(Br)=CC=C[C@H]1Br)[C@@]1(O)C(Br)=CC=C[C@H]1Br. The fourth-order valence-electron chi connectivity index (χ4n) is 2.97. The molecule has 2 N–H and O–H groups in total. The zero-order valence-corrected chi connectivity index (χ0v) is 17.7. The maximum absolute atomic E-state index is 11.4. The Kier molecular flexibility index (Phi) is 5.82. The standard InChI is InChI=1S/C15H16Br4O2/c1-2-9(14(20)10(16)5-3-6-11(14)17)15(21)12(18)7-4-8-13(15)19/h3-10,12,20-21H,2H2,1H3/t10-,12-,14+,15+/m1/s1. The summed E-state index contributed by atoms with van der Waals surface area (Å²) in [7, 11) is 0. The van der Waals surface area contributed by atoms with E-state index in [-0.39, 0.29) is 9.65 Å². The summed E-state index contributed by atoms with van der Waals surface area (Å²) in [6.45, 7) is 1.97. The van der Waals surface area contributed by atoms with Crippen LogP contribution in [0.5, 0.6) is 0 Å². The van der Waals surface area contributed by atoms with Crippen LogP contribution in [0.25, 0.3) is 0 Å². The summed E-state index contributed by atoms with van der Waals surface area (Å²) in [4.78, 5) is -0.575. The molecule has 0 unspecified atom stereocenters. The lowest BCUT2D eigenvalue weighted by atomic mass is 9.68. The van der Waals surface area contributed by atoms with Crippen LogP contribution in [0, 0.1) is 5.92 Å². The van der Waals surface area contributed by atoms with Gasteiger partial charge in [0.25, 0.3) is 0 Å². The quantitative estimate of drug-likeness (QED) is 0.503. The van der Waals surface area contributed by atoms with Crippen LogP contribution in [-0.2, 0) is 0 Å². The van der Waals surface area contributed by atoms with Crippen molar-refractivity contribution in [1.29, 1.82) is 0 Å². The highest BCUT2D eigenvalue weighted by Crippen LogP contribution is 2.51. The molecule has 21 heavy (non-hydrogen) atoms. The van der Waals surface area contributed by atoms with Gasteiger partial charge in [-0.1, -0.05) is 94.9 Å². The third-order valence-corrected chi connectivity index (χ3v) is 7.93. The Morgan fingerprint density at radius 1 is 1.00 bits per heavy atom. The van der Waals surface area contributed by atoms with Crippen molar-refractivity contribution in [2.75, 3.05) is 0 Å². The van der Waals surface area contributed by atoms with E-state index in [1.807, 2.05) is 43.4 Å². The molecule has 0 aromatic heterocycles. The molecule has 2 aliphatic rings. The number of alkyl halides is 2. The van der Waals surface area contributed by atoms with E-state index in [4.69, 9.17) is 0 Å². The third-order valence-electron chi connectivity index (χ3n) is 4.12. The molecule has 0 spiro atoms. The number of halogens is 4. The van der Waals surface area contributed by atoms with Gasteiger partial charge in [0.2, 0.25) is 0 Å². The third kappa shape index (κ3) is 2.85. The summed E-state index contributed by atoms with van der Waals surface area (Å²) in [5.41, 5.74) is -2.47. The Bertz CT molecular complexity index is 494. The molecule has 0 fully saturated rings. The van der Waals surface area contributed by atoms with E-state index >= 15 is 0 Å². The number of aliphatic hydroxyl groups is 2. The Morgan fingerprint density at radius 3 is 1.67 bits per heavy atom. The summed E-state index contributed by atoms with van der Waals surface area (Å²) in [6.07, 6.45) is 11.8. The lowest BCUT2D eigenvalue weighted by Crippen LogP contribution is -2.60. The van der Waals surface area contributed by atoms with Crippen LogP contribution in [0.15, 0.2) is 45.4 Å². The summed E-state index contributed by atoms with van der Waals surface area (Å²) >= 11 is 14.0. The Balaban J connectivity index is 2.54. The van der Waals surface area contributed by atoms with Crippen molar-refractivity contribution in [2.45, 2.75) is 34.2 Å². The average molecular weight is 548 g/mol. The minimum absolute atomic E-state index is 0.288. The van der Waals surface area contributed by atoms with Crippen molar-refractivity contribution in [3.63, 3.8) is 0 Å². The second kappa shape index (κ2) is 6.73. The van der Waals surface area contributed by atoms with E-state index in [2.05, 4.69) is 63.7 Å². The number of allylic oxidation sites excluding steroid dienone is 4. The first-order chi connectivity index (χ1) is 9.79. The topological polar surface area (TPSA) is 40.5 Å². The number of hydrogen-bond donors (Lipinski definition) is 2. The second-order valence-electron chi connectivity index (χ2n) is 5.21. The van der Waals surface area contributed by atoms with Gasteiger partial charge in [-0.25, -0.2) is 0 Å². The van der Waals surface area contributed by atoms with E-state index in [0.717, 1.165) is 0 Å². The highest BCUT2D eigenvalue weighted by atomic mass is 79.9. The smallest absolute Gasteiger partial charge is 0.118 e. The molecule has 0 heterocycles. The van der Waals surface area contributed by atoms with Gasteiger partial charge in [0.1, 0.15) is 11.2 Å². The highest BCUT2D eigenvalue weighted by molar-refractivity contribution is 9.12. The fraction of sp³-hybridized carbons (Fsp3) is 0.467. The van der Waals surface area contributed by atoms with Gasteiger partial charge in [0, 0.05) is 14.9 Å². The van der Waals surface area contributed by atoms with Gasteiger partial charge in [-0.2, -0.15) is 0 Å². The van der Waals surface area contributed by atoms with Crippen LogP contribution in [0.2, 0.25) is 0 Å². The van der Waals surface area contributed by atoms with Crippen LogP contribution >= 0.6 is 63.7 Å². The molecule has 6 heteroatoms. The molecular formula is C15H16Br4O2. The van der Waals surface area contributed by atoms with Gasteiger partial charge in [-0.05, 0) is 18.6 Å². The van der Waals surface area contributed by atoms with Gasteiger partial charge in [0.05, 0.1) is 9.65 Å². The molecular weight excluding hydrogens is 532 g/mol. The van der Waals surface area contributed by atoms with Crippen molar-refractivity contribution in [3.05, 3.63) is 45.4 Å². The normalized spacial score (nSPS) is 39.4. The van der Waals surface area contributed by atoms with Crippen LogP contribution < -0.4 is 0 Å². The van der Waals surface area contributed by atoms with Crippen LogP contribution in [0.3, 0.4) is 0 Å². The predicted octanol–water partition coefficient (Wildman–Crippen LogP) is 4.70. The molecule has 0 aliphatic heterocycles. The van der Waals surface area contributed by atoms with Crippen LogP contribution in [0.4, 0.5) is 0 Å². The first kappa shape index (κ1) is 18.1. The molecule has 2 aliphatic carbocycles. The lowest BCUT2D eigenvalue weighted by molar-refractivity contribution is -0.0738. The van der Waals surface area contributed by atoms with E-state index < -0.39 is 17.1 Å². The van der Waals surface area contributed by atoms with Crippen molar-refractivity contribution in [2.24, 2.45) is 5.92 Å². The predicted molar refractivity (Wildman–Crippen MR) is 101 cm³/mol. The fourth-order valence-corrected chi connectivity index (χ4v) is 6.42. The lowest BCUT2D eigenvalue weighted by Gasteiger charge is -2.49. The van der Waals surface area contributed by atoms with Gasteiger partial charge in [-0.15, -0.1) is 0 Å². The number of rotatable bonds is 3. The molecule has 0 aromatic carbocycles. The van der Waals surface area contributed by atoms with Crippen LogP contribution in [-0.4, -0.2) is 31.1 Å². The largest absolute Gasteiger partial charge is 0.383 e. The second-order valence-corrected chi connectivity index (χ2v) is 8.90. The minimum atomic E-state index is -1.23. The summed E-state index contributed by atoms with van der Waals surface area (Å²) in [5, 5.41) is 22.7. The van der Waals surface area contributed by atoms with E-state index in [1.165, 1.54) is 0 Å². The maximum Gasteiger partial charge on any atom is 0.118 e. The molecule has 0 saturated heterocycles. The van der Waals surface area contributed by atoms with Gasteiger partial charge in [-0.3, -0.25) is 0 Å². The molecule has 0 aromatic rings. The first-order valence-electron chi connectivity index (χ1n) is 6.61. The molecule has 2 rings (SSSR count). The molecule has 116 valence electrons. The van der Waals surface area contributed by atoms with Gasteiger partial charge in [0.15, 0.2) is 0 Å². The van der Waals surface area contributed by atoms with E-state index in [0.29, 0.717) is 15.4 Å². The first-order valence-corrected chi connectivity index (χ1v) is 10.0. The van der Waals surface area contributed by atoms with E-state index in [9.17, 15) is 10.2 Å². The molecule has 4 atom stereocenters. The molecule has 0 amide bonds. The Labute approximate surface area is 158 Å². The van der Waals surface area contributed by atoms with Crippen molar-refractivity contribution < 1.29 is 10.2 Å². The van der Waals surface area contributed by atoms with Crippen molar-refractivity contribution >= 4 is 63.7 Å². The number of hydrogen-bond acceptors (Lipinski definition) is 2. The summed E-state index contributed by atoms with van der Waals surface area (Å²) < 4.78 is 1.32. The maximum atomic E-state index is 11.4. The van der Waals surface area contributed by atoms with Crippen LogP contribution in [0.1, 0.15) is 13.3 Å². The monoisotopic (exact) mass is 544 g/mol. The van der Waals surface area contributed by atoms with Gasteiger partial charge >= 0.3 is 0 Å². The highest BCUT2D eigenvalue weighted by Gasteiger charge is 2.57. The summed E-state index contributed by atoms with van der Waals surface area (Å²) in [6, 6.07) is 0. The van der Waals surface area contributed by atoms with Gasteiger partial charge < -0.3 is 10.2 Å². The molecule has 0 saturated carbocycles. The zero-order valence-electron chi connectivity index (χ0n) is 11.3. The van der Waals surface area contributed by atoms with Crippen molar-refractivity contribution in [1.82, 2.24) is 0 Å². The van der Waals surface area contributed by atoms with E-state index in [1.54, 1.807) is 0 Å². The zero-order chi connectivity index (χ0) is 15.8.